The van der Waals surface area contributed by atoms with Crippen molar-refractivity contribution in [3.05, 3.63) is 93.2 Å². The number of rotatable bonds is 6. The van der Waals surface area contributed by atoms with Crippen LogP contribution in [0.3, 0.4) is 0 Å². The Kier molecular flexibility index (Phi) is 6.75. The SMILES string of the molecule is Fc1cc2nc(CC3CCCCC3c3ccc(Cl)cc3OCc3ccccc3Cl)[nH]c2cc1F. The number of nitrogens with zero attached hydrogens (tertiary/aromatic N) is 1. The van der Waals surface area contributed by atoms with Gasteiger partial charge in [-0.15, -0.1) is 0 Å². The van der Waals surface area contributed by atoms with Gasteiger partial charge in [-0.25, -0.2) is 13.8 Å². The first-order valence-corrected chi connectivity index (χ1v) is 12.2. The lowest BCUT2D eigenvalue weighted by atomic mass is 9.73. The van der Waals surface area contributed by atoms with Crippen LogP contribution in [0.2, 0.25) is 10.0 Å². The maximum absolute atomic E-state index is 13.6. The average molecular weight is 501 g/mol. The first kappa shape index (κ1) is 23.1. The fraction of sp³-hybridized carbons (Fsp3) is 0.296. The van der Waals surface area contributed by atoms with Gasteiger partial charge in [-0.05, 0) is 48.4 Å². The van der Waals surface area contributed by atoms with Crippen LogP contribution in [0.15, 0.2) is 54.6 Å². The Hall–Kier alpha value is -2.63. The monoisotopic (exact) mass is 500 g/mol. The van der Waals surface area contributed by atoms with Crippen molar-refractivity contribution in [1.29, 1.82) is 0 Å². The van der Waals surface area contributed by atoms with Crippen LogP contribution in [0.5, 0.6) is 5.75 Å². The topological polar surface area (TPSA) is 37.9 Å². The third-order valence-corrected chi connectivity index (χ3v) is 7.26. The summed E-state index contributed by atoms with van der Waals surface area (Å²) in [6, 6.07) is 15.8. The van der Waals surface area contributed by atoms with Crippen LogP contribution in [-0.2, 0) is 13.0 Å². The van der Waals surface area contributed by atoms with Crippen molar-refractivity contribution in [1.82, 2.24) is 9.97 Å². The highest BCUT2D eigenvalue weighted by atomic mass is 35.5. The van der Waals surface area contributed by atoms with Crippen molar-refractivity contribution in [3.8, 4) is 5.75 Å². The fourth-order valence-corrected chi connectivity index (χ4v) is 5.33. The molecule has 0 amide bonds. The molecule has 1 saturated carbocycles. The molecule has 1 aliphatic carbocycles. The average Bonchev–Trinajstić information content (AvgIpc) is 3.20. The summed E-state index contributed by atoms with van der Waals surface area (Å²) in [6.45, 7) is 0.352. The lowest BCUT2D eigenvalue weighted by molar-refractivity contribution is 0.272. The summed E-state index contributed by atoms with van der Waals surface area (Å²) in [4.78, 5) is 7.70. The molecular weight excluding hydrogens is 477 g/mol. The minimum atomic E-state index is -0.887. The summed E-state index contributed by atoms with van der Waals surface area (Å²) in [6.07, 6.45) is 5.02. The molecule has 2 atom stereocenters. The van der Waals surface area contributed by atoms with Crippen molar-refractivity contribution in [3.63, 3.8) is 0 Å². The number of imidazole rings is 1. The summed E-state index contributed by atoms with van der Waals surface area (Å²) in [5, 5.41) is 1.28. The van der Waals surface area contributed by atoms with Crippen LogP contribution in [-0.4, -0.2) is 9.97 Å². The van der Waals surface area contributed by atoms with Crippen LogP contribution >= 0.6 is 23.2 Å². The van der Waals surface area contributed by atoms with Crippen LogP contribution < -0.4 is 4.74 Å². The molecule has 2 unspecified atom stereocenters. The summed E-state index contributed by atoms with van der Waals surface area (Å²) >= 11 is 12.6. The second-order valence-corrected chi connectivity index (χ2v) is 9.73. The largest absolute Gasteiger partial charge is 0.489 e. The Morgan fingerprint density at radius 2 is 1.76 bits per heavy atom. The Labute approximate surface area is 207 Å². The minimum Gasteiger partial charge on any atom is -0.489 e. The molecule has 4 aromatic rings. The molecule has 0 saturated heterocycles. The summed E-state index contributed by atoms with van der Waals surface area (Å²) in [5.41, 5.74) is 2.99. The molecule has 1 N–H and O–H groups in total. The molecule has 3 nitrogen and oxygen atoms in total. The number of aromatic amines is 1. The molecule has 0 aliphatic heterocycles. The van der Waals surface area contributed by atoms with Crippen molar-refractivity contribution in [2.45, 2.75) is 44.6 Å². The van der Waals surface area contributed by atoms with Crippen LogP contribution in [0, 0.1) is 17.6 Å². The Balaban J connectivity index is 1.41. The molecule has 0 spiro atoms. The molecule has 0 radical (unpaired) electrons. The van der Waals surface area contributed by atoms with Gasteiger partial charge in [0, 0.05) is 34.2 Å². The number of hydrogen-bond donors (Lipinski definition) is 1. The number of fused-ring (bicyclic) bond motifs is 1. The highest BCUT2D eigenvalue weighted by Gasteiger charge is 2.30. The fourth-order valence-electron chi connectivity index (χ4n) is 4.97. The molecule has 3 aromatic carbocycles. The van der Waals surface area contributed by atoms with Crippen molar-refractivity contribution < 1.29 is 13.5 Å². The predicted molar refractivity (Wildman–Crippen MR) is 132 cm³/mol. The third kappa shape index (κ3) is 4.91. The normalized spacial score (nSPS) is 18.4. The Morgan fingerprint density at radius 1 is 0.971 bits per heavy atom. The molecule has 5 rings (SSSR count). The minimum absolute atomic E-state index is 0.258. The molecule has 1 heterocycles. The Bertz CT molecular complexity index is 1280. The van der Waals surface area contributed by atoms with Gasteiger partial charge in [0.1, 0.15) is 18.2 Å². The van der Waals surface area contributed by atoms with E-state index < -0.39 is 11.6 Å². The second-order valence-electron chi connectivity index (χ2n) is 8.88. The number of aromatic nitrogens is 2. The maximum atomic E-state index is 13.6. The predicted octanol–water partition coefficient (Wildman–Crippen LogP) is 8.24. The van der Waals surface area contributed by atoms with Gasteiger partial charge in [-0.2, -0.15) is 0 Å². The van der Waals surface area contributed by atoms with Crippen LogP contribution in [0.25, 0.3) is 11.0 Å². The molecule has 176 valence electrons. The van der Waals surface area contributed by atoms with E-state index in [2.05, 4.69) is 16.0 Å². The van der Waals surface area contributed by atoms with Gasteiger partial charge in [-0.1, -0.05) is 60.3 Å². The van der Waals surface area contributed by atoms with Crippen molar-refractivity contribution in [2.24, 2.45) is 5.92 Å². The van der Waals surface area contributed by atoms with E-state index in [0.717, 1.165) is 54.5 Å². The third-order valence-electron chi connectivity index (χ3n) is 6.65. The van der Waals surface area contributed by atoms with Gasteiger partial charge in [0.2, 0.25) is 0 Å². The zero-order valence-electron chi connectivity index (χ0n) is 18.5. The summed E-state index contributed by atoms with van der Waals surface area (Å²) < 4.78 is 33.5. The van der Waals surface area contributed by atoms with Crippen LogP contribution in [0.1, 0.15) is 48.6 Å². The van der Waals surface area contributed by atoms with E-state index in [1.54, 1.807) is 0 Å². The first-order chi connectivity index (χ1) is 16.5. The highest BCUT2D eigenvalue weighted by Crippen LogP contribution is 2.44. The zero-order chi connectivity index (χ0) is 23.7. The number of benzene rings is 3. The van der Waals surface area contributed by atoms with Crippen LogP contribution in [0.4, 0.5) is 8.78 Å². The molecule has 7 heteroatoms. The number of halogens is 4. The molecule has 1 fully saturated rings. The van der Waals surface area contributed by atoms with E-state index in [1.165, 1.54) is 6.07 Å². The van der Waals surface area contributed by atoms with Crippen molar-refractivity contribution >= 4 is 34.2 Å². The van der Waals surface area contributed by atoms with E-state index in [-0.39, 0.29) is 5.92 Å². The molecule has 1 aliphatic rings. The van der Waals surface area contributed by atoms with Gasteiger partial charge >= 0.3 is 0 Å². The van der Waals surface area contributed by atoms with Gasteiger partial charge in [0.05, 0.1) is 11.0 Å². The highest BCUT2D eigenvalue weighted by molar-refractivity contribution is 6.31. The molecular formula is C27H24Cl2F2N2O. The number of ether oxygens (including phenoxy) is 1. The number of H-pyrrole nitrogens is 1. The van der Waals surface area contributed by atoms with Gasteiger partial charge in [-0.3, -0.25) is 0 Å². The molecule has 0 bridgehead atoms. The van der Waals surface area contributed by atoms with Gasteiger partial charge in [0.25, 0.3) is 0 Å². The zero-order valence-corrected chi connectivity index (χ0v) is 20.0. The lowest BCUT2D eigenvalue weighted by Crippen LogP contribution is -2.21. The van der Waals surface area contributed by atoms with E-state index in [4.69, 9.17) is 27.9 Å². The lowest BCUT2D eigenvalue weighted by Gasteiger charge is -2.32. The number of hydrogen-bond acceptors (Lipinski definition) is 2. The smallest absolute Gasteiger partial charge is 0.161 e. The second kappa shape index (κ2) is 9.93. The molecule has 1 aromatic heterocycles. The van der Waals surface area contributed by atoms with E-state index >= 15 is 0 Å². The van der Waals surface area contributed by atoms with Gasteiger partial charge in [0.15, 0.2) is 11.6 Å². The first-order valence-electron chi connectivity index (χ1n) is 11.5. The van der Waals surface area contributed by atoms with Crippen molar-refractivity contribution in [2.75, 3.05) is 0 Å². The summed E-state index contributed by atoms with van der Waals surface area (Å²) in [7, 11) is 0. The standard InChI is InChI=1S/C27H24Cl2F2N2O/c28-18-9-10-20(26(12-18)34-15-17-6-2-4-8-21(17)29)19-7-3-1-5-16(19)11-27-32-24-13-22(30)23(31)14-25(24)33-27/h2,4,6,8-10,12-14,16,19H,1,3,5,7,11,15H2,(H,32,33). The summed E-state index contributed by atoms with van der Waals surface area (Å²) in [5.74, 6) is 0.312. The van der Waals surface area contributed by atoms with Gasteiger partial charge < -0.3 is 9.72 Å². The quantitative estimate of drug-likeness (QED) is 0.289. The number of nitrogens with one attached hydrogen (secondary N) is 1. The van der Waals surface area contributed by atoms with E-state index in [0.29, 0.717) is 40.0 Å². The Morgan fingerprint density at radius 3 is 2.62 bits per heavy atom. The maximum Gasteiger partial charge on any atom is 0.161 e. The molecule has 34 heavy (non-hydrogen) atoms. The van der Waals surface area contributed by atoms with E-state index in [9.17, 15) is 8.78 Å². The van der Waals surface area contributed by atoms with E-state index in [1.807, 2.05) is 36.4 Å².